The monoisotopic (exact) mass is 290 g/mol. The fourth-order valence-electron chi connectivity index (χ4n) is 2.12. The van der Waals surface area contributed by atoms with E-state index in [-0.39, 0.29) is 0 Å². The number of hydrogen-bond donors (Lipinski definition) is 2. The van der Waals surface area contributed by atoms with Crippen LogP contribution >= 0.6 is 11.3 Å². The third kappa shape index (κ3) is 3.48. The molecule has 0 saturated carbocycles. The predicted octanol–water partition coefficient (Wildman–Crippen LogP) is 3.84. The fraction of sp³-hybridized carbons (Fsp3) is 0.467. The van der Waals surface area contributed by atoms with Crippen LogP contribution in [-0.4, -0.2) is 16.5 Å². The molecule has 2 heterocycles. The summed E-state index contributed by atoms with van der Waals surface area (Å²) < 4.78 is 0. The molecule has 0 spiro atoms. The summed E-state index contributed by atoms with van der Waals surface area (Å²) in [5.41, 5.74) is 3.85. The highest BCUT2D eigenvalue weighted by atomic mass is 32.1. The number of anilines is 2. The van der Waals surface area contributed by atoms with Crippen LogP contribution in [0.1, 0.15) is 37.0 Å². The van der Waals surface area contributed by atoms with Gasteiger partial charge in [0.05, 0.1) is 0 Å². The summed E-state index contributed by atoms with van der Waals surface area (Å²) in [5.74, 6) is 1.90. The number of aromatic nitrogens is 2. The number of nitrogens with one attached hydrogen (secondary N) is 2. The molecular formula is C15H22N4S. The van der Waals surface area contributed by atoms with Crippen LogP contribution in [0.25, 0.3) is 0 Å². The van der Waals surface area contributed by atoms with Crippen molar-refractivity contribution in [2.45, 2.75) is 40.2 Å². The van der Waals surface area contributed by atoms with E-state index in [2.05, 4.69) is 52.1 Å². The van der Waals surface area contributed by atoms with E-state index in [1.54, 1.807) is 17.7 Å². The van der Waals surface area contributed by atoms with Gasteiger partial charge in [-0.15, -0.1) is 0 Å². The van der Waals surface area contributed by atoms with Crippen LogP contribution in [0, 0.1) is 6.92 Å². The van der Waals surface area contributed by atoms with Gasteiger partial charge in [-0.2, -0.15) is 11.3 Å². The smallest absolute Gasteiger partial charge is 0.134 e. The molecule has 0 radical (unpaired) electrons. The van der Waals surface area contributed by atoms with Gasteiger partial charge in [0.25, 0.3) is 0 Å². The Labute approximate surface area is 124 Å². The van der Waals surface area contributed by atoms with Crippen molar-refractivity contribution < 1.29 is 0 Å². The zero-order chi connectivity index (χ0) is 14.4. The molecule has 108 valence electrons. The standard InChI is InChI=1S/C15H22N4S/c1-4-6-13-14(16-5-2)18-10-19-15(13)17-7-12-9-20-8-11(12)3/h8-10H,4-7H2,1-3H3,(H2,16,17,18,19). The minimum atomic E-state index is 0.814. The van der Waals surface area contributed by atoms with Gasteiger partial charge in [-0.3, -0.25) is 0 Å². The molecule has 0 aliphatic heterocycles. The van der Waals surface area contributed by atoms with Gasteiger partial charge in [0.2, 0.25) is 0 Å². The van der Waals surface area contributed by atoms with Gasteiger partial charge < -0.3 is 10.6 Å². The summed E-state index contributed by atoms with van der Waals surface area (Å²) in [6.07, 6.45) is 3.69. The molecule has 0 fully saturated rings. The SMILES string of the molecule is CCCc1c(NCC)ncnc1NCc1cscc1C. The molecule has 4 nitrogen and oxygen atoms in total. The summed E-state index contributed by atoms with van der Waals surface area (Å²) >= 11 is 1.74. The predicted molar refractivity (Wildman–Crippen MR) is 86.6 cm³/mol. The first kappa shape index (κ1) is 14.8. The van der Waals surface area contributed by atoms with E-state index in [0.717, 1.165) is 37.6 Å². The van der Waals surface area contributed by atoms with Gasteiger partial charge in [0.1, 0.15) is 18.0 Å². The second kappa shape index (κ2) is 7.24. The van der Waals surface area contributed by atoms with Gasteiger partial charge in [-0.05, 0) is 42.2 Å². The van der Waals surface area contributed by atoms with E-state index >= 15 is 0 Å². The van der Waals surface area contributed by atoms with Crippen molar-refractivity contribution in [2.75, 3.05) is 17.2 Å². The first-order valence-corrected chi connectivity index (χ1v) is 8.03. The van der Waals surface area contributed by atoms with Crippen LogP contribution < -0.4 is 10.6 Å². The summed E-state index contributed by atoms with van der Waals surface area (Å²) in [6, 6.07) is 0. The number of rotatable bonds is 7. The highest BCUT2D eigenvalue weighted by Gasteiger charge is 2.10. The Morgan fingerprint density at radius 2 is 1.85 bits per heavy atom. The van der Waals surface area contributed by atoms with Crippen LogP contribution in [0.4, 0.5) is 11.6 Å². The Morgan fingerprint density at radius 1 is 1.10 bits per heavy atom. The van der Waals surface area contributed by atoms with Gasteiger partial charge in [-0.25, -0.2) is 9.97 Å². The van der Waals surface area contributed by atoms with Crippen molar-refractivity contribution in [1.82, 2.24) is 9.97 Å². The zero-order valence-corrected chi connectivity index (χ0v) is 13.2. The molecule has 5 heteroatoms. The maximum atomic E-state index is 4.41. The van der Waals surface area contributed by atoms with E-state index in [0.29, 0.717) is 0 Å². The van der Waals surface area contributed by atoms with Crippen molar-refractivity contribution in [1.29, 1.82) is 0 Å². The molecule has 0 aliphatic rings. The largest absolute Gasteiger partial charge is 0.370 e. The van der Waals surface area contributed by atoms with Gasteiger partial charge in [0.15, 0.2) is 0 Å². The Kier molecular flexibility index (Phi) is 5.35. The molecule has 0 aromatic carbocycles. The van der Waals surface area contributed by atoms with Crippen LogP contribution in [-0.2, 0) is 13.0 Å². The second-order valence-electron chi connectivity index (χ2n) is 4.76. The first-order valence-electron chi connectivity index (χ1n) is 7.09. The lowest BCUT2D eigenvalue weighted by atomic mass is 10.1. The maximum Gasteiger partial charge on any atom is 0.134 e. The van der Waals surface area contributed by atoms with Crippen molar-refractivity contribution in [2.24, 2.45) is 0 Å². The fourth-order valence-corrected chi connectivity index (χ4v) is 2.98. The molecule has 2 N–H and O–H groups in total. The summed E-state index contributed by atoms with van der Waals surface area (Å²) in [5, 5.41) is 11.1. The molecule has 2 aromatic rings. The van der Waals surface area contributed by atoms with E-state index < -0.39 is 0 Å². The van der Waals surface area contributed by atoms with Crippen LogP contribution in [0.5, 0.6) is 0 Å². The summed E-state index contributed by atoms with van der Waals surface area (Å²) in [4.78, 5) is 8.76. The lowest BCUT2D eigenvalue weighted by Gasteiger charge is -2.14. The highest BCUT2D eigenvalue weighted by Crippen LogP contribution is 2.23. The van der Waals surface area contributed by atoms with Crippen molar-refractivity contribution in [3.05, 3.63) is 33.8 Å². The third-order valence-electron chi connectivity index (χ3n) is 3.20. The van der Waals surface area contributed by atoms with Crippen molar-refractivity contribution in [3.63, 3.8) is 0 Å². The minimum Gasteiger partial charge on any atom is -0.370 e. The molecule has 0 atom stereocenters. The normalized spacial score (nSPS) is 10.6. The number of aryl methyl sites for hydroxylation is 1. The van der Waals surface area contributed by atoms with E-state index in [4.69, 9.17) is 0 Å². The average molecular weight is 290 g/mol. The van der Waals surface area contributed by atoms with E-state index in [1.807, 2.05) is 0 Å². The number of nitrogens with zero attached hydrogens (tertiary/aromatic N) is 2. The molecule has 0 bridgehead atoms. The summed E-state index contributed by atoms with van der Waals surface area (Å²) in [6.45, 7) is 8.09. The second-order valence-corrected chi connectivity index (χ2v) is 5.51. The molecule has 20 heavy (non-hydrogen) atoms. The molecule has 0 unspecified atom stereocenters. The maximum absolute atomic E-state index is 4.41. The number of thiophene rings is 1. The van der Waals surface area contributed by atoms with Gasteiger partial charge >= 0.3 is 0 Å². The topological polar surface area (TPSA) is 49.8 Å². The zero-order valence-electron chi connectivity index (χ0n) is 12.4. The van der Waals surface area contributed by atoms with Crippen LogP contribution in [0.15, 0.2) is 17.1 Å². The molecule has 0 saturated heterocycles. The van der Waals surface area contributed by atoms with Gasteiger partial charge in [0, 0.05) is 18.7 Å². The van der Waals surface area contributed by atoms with E-state index in [1.165, 1.54) is 16.7 Å². The lowest BCUT2D eigenvalue weighted by molar-refractivity contribution is 0.895. The quantitative estimate of drug-likeness (QED) is 0.813. The minimum absolute atomic E-state index is 0.814. The van der Waals surface area contributed by atoms with E-state index in [9.17, 15) is 0 Å². The van der Waals surface area contributed by atoms with Crippen molar-refractivity contribution in [3.8, 4) is 0 Å². The van der Waals surface area contributed by atoms with Crippen LogP contribution in [0.3, 0.4) is 0 Å². The number of hydrogen-bond acceptors (Lipinski definition) is 5. The molecule has 2 rings (SSSR count). The highest BCUT2D eigenvalue weighted by molar-refractivity contribution is 7.08. The molecule has 0 aliphatic carbocycles. The lowest BCUT2D eigenvalue weighted by Crippen LogP contribution is -2.10. The average Bonchev–Trinajstić information content (AvgIpc) is 2.85. The van der Waals surface area contributed by atoms with Gasteiger partial charge in [-0.1, -0.05) is 13.3 Å². The third-order valence-corrected chi connectivity index (χ3v) is 4.11. The Morgan fingerprint density at radius 3 is 2.45 bits per heavy atom. The summed E-state index contributed by atoms with van der Waals surface area (Å²) in [7, 11) is 0. The Balaban J connectivity index is 2.17. The Bertz CT molecular complexity index is 551. The molecule has 0 amide bonds. The van der Waals surface area contributed by atoms with Crippen LogP contribution in [0.2, 0.25) is 0 Å². The molecular weight excluding hydrogens is 268 g/mol. The molecule has 2 aromatic heterocycles. The first-order chi connectivity index (χ1) is 9.76. The Hall–Kier alpha value is -1.62. The van der Waals surface area contributed by atoms with Crippen molar-refractivity contribution >= 4 is 23.0 Å².